The highest BCUT2D eigenvalue weighted by molar-refractivity contribution is 6.31. The molecule has 2 aliphatic heterocycles. The summed E-state index contributed by atoms with van der Waals surface area (Å²) >= 11 is 12.7. The fraction of sp³-hybridized carbons (Fsp3) is 0.191. The summed E-state index contributed by atoms with van der Waals surface area (Å²) in [6.45, 7) is 0. The monoisotopic (exact) mass is 860 g/mol. The predicted molar refractivity (Wildman–Crippen MR) is 228 cm³/mol. The Bertz CT molecular complexity index is 2540. The first-order chi connectivity index (χ1) is 29.4. The predicted octanol–water partition coefficient (Wildman–Crippen LogP) is 9.81. The van der Waals surface area contributed by atoms with Crippen LogP contribution in [0.5, 0.6) is 5.75 Å². The number of aromatic nitrogens is 2. The zero-order chi connectivity index (χ0) is 43.2. The molecule has 6 aromatic rings. The fourth-order valence-electron chi connectivity index (χ4n) is 7.84. The van der Waals surface area contributed by atoms with Gasteiger partial charge in [-0.25, -0.2) is 14.0 Å². The van der Waals surface area contributed by atoms with Crippen molar-refractivity contribution in [2.75, 3.05) is 7.11 Å². The summed E-state index contributed by atoms with van der Waals surface area (Å²) in [5.74, 6) is -2.45. The summed E-state index contributed by atoms with van der Waals surface area (Å²) in [5, 5.41) is 20.4. The summed E-state index contributed by atoms with van der Waals surface area (Å²) in [6, 6.07) is 31.8. The lowest BCUT2D eigenvalue weighted by atomic mass is 10.0. The van der Waals surface area contributed by atoms with E-state index in [0.717, 1.165) is 22.4 Å². The second-order valence-corrected chi connectivity index (χ2v) is 15.3. The van der Waals surface area contributed by atoms with Crippen molar-refractivity contribution in [1.29, 1.82) is 0 Å². The molecule has 2 aliphatic rings. The number of aliphatic carboxylic acids is 2. The van der Waals surface area contributed by atoms with E-state index in [4.69, 9.17) is 27.9 Å². The molecule has 0 unspecified atom stereocenters. The van der Waals surface area contributed by atoms with Crippen molar-refractivity contribution in [2.45, 2.75) is 49.9 Å². The molecule has 4 atom stereocenters. The summed E-state index contributed by atoms with van der Waals surface area (Å²) < 4.78 is 18.3. The number of halogens is 3. The van der Waals surface area contributed by atoms with Gasteiger partial charge in [0.25, 0.3) is 11.8 Å². The second-order valence-electron chi connectivity index (χ2n) is 14.5. The van der Waals surface area contributed by atoms with Gasteiger partial charge in [0.05, 0.1) is 41.7 Å². The quantitative estimate of drug-likeness (QED) is 0.145. The zero-order valence-electron chi connectivity index (χ0n) is 32.7. The molecule has 2 aromatic heterocycles. The molecular formula is C47H39Cl2FN4O7. The number of carboxylic acids is 2. The van der Waals surface area contributed by atoms with Crippen LogP contribution < -0.4 is 4.74 Å². The van der Waals surface area contributed by atoms with Gasteiger partial charge in [0, 0.05) is 33.6 Å². The van der Waals surface area contributed by atoms with Gasteiger partial charge in [0.15, 0.2) is 0 Å². The highest BCUT2D eigenvalue weighted by Gasteiger charge is 2.44. The van der Waals surface area contributed by atoms with Gasteiger partial charge in [-0.1, -0.05) is 59.6 Å². The normalized spacial score (nSPS) is 18.2. The Morgan fingerprint density at radius 2 is 1.00 bits per heavy atom. The van der Waals surface area contributed by atoms with E-state index < -0.39 is 42.0 Å². The van der Waals surface area contributed by atoms with Crippen LogP contribution in [0.2, 0.25) is 10.0 Å². The minimum atomic E-state index is -1.05. The molecule has 14 heteroatoms. The first-order valence-electron chi connectivity index (χ1n) is 19.4. The van der Waals surface area contributed by atoms with E-state index in [-0.39, 0.29) is 17.3 Å². The average molecular weight is 862 g/mol. The SMILES string of the molecule is COc1ccc(-c2ccc(C(=O)N3[C@@H](c4ccccc4Cl)CC[C@H]3C(=O)O)cn2)cc1.O=C(O)[C@@H]1CC[C@H](c2ccccc2Cl)N1C(=O)c1ccc(-c2ccc(F)cc2)nc1. The van der Waals surface area contributed by atoms with Crippen LogP contribution in [-0.2, 0) is 9.59 Å². The van der Waals surface area contributed by atoms with Crippen LogP contribution in [-0.4, -0.2) is 72.9 Å². The van der Waals surface area contributed by atoms with Gasteiger partial charge in [-0.15, -0.1) is 0 Å². The molecule has 0 aliphatic carbocycles. The molecule has 0 bridgehead atoms. The number of ether oxygens (including phenoxy) is 1. The zero-order valence-corrected chi connectivity index (χ0v) is 34.2. The van der Waals surface area contributed by atoms with Crippen molar-refractivity contribution in [3.05, 3.63) is 172 Å². The van der Waals surface area contributed by atoms with E-state index in [2.05, 4.69) is 9.97 Å². The maximum atomic E-state index is 13.4. The number of carbonyl (C=O) groups excluding carboxylic acids is 2. The Hall–Kier alpha value is -6.63. The lowest BCUT2D eigenvalue weighted by molar-refractivity contribution is -0.142. The van der Waals surface area contributed by atoms with Crippen molar-refractivity contribution in [3.63, 3.8) is 0 Å². The number of rotatable bonds is 9. The molecule has 0 saturated carbocycles. The fourth-order valence-corrected chi connectivity index (χ4v) is 8.36. The first-order valence-corrected chi connectivity index (χ1v) is 20.1. The summed E-state index contributed by atoms with van der Waals surface area (Å²) in [6.07, 6.45) is 4.66. The van der Waals surface area contributed by atoms with Crippen LogP contribution >= 0.6 is 23.2 Å². The molecule has 2 fully saturated rings. The van der Waals surface area contributed by atoms with Crippen LogP contribution in [0.25, 0.3) is 22.5 Å². The molecule has 61 heavy (non-hydrogen) atoms. The lowest BCUT2D eigenvalue weighted by Crippen LogP contribution is -2.42. The van der Waals surface area contributed by atoms with Crippen LogP contribution in [0.15, 0.2) is 134 Å². The standard InChI is InChI=1S/C24H21ClN2O4.C23H18ClFN2O3/c1-31-17-9-6-15(7-10-17)20-11-8-16(14-26-20)23(28)27-21(12-13-22(27)24(29)30)18-4-2-3-5-19(18)25;24-18-4-2-1-3-17(18)20-11-12-21(23(29)30)27(20)22(28)15-7-10-19(26-13-15)14-5-8-16(25)9-6-14/h2-11,14,21-22H,12-13H2,1H3,(H,29,30);1-10,13,20-21H,11-12H2,(H,29,30)/t21-,22+;20-,21+/m11/s1. The number of amides is 2. The maximum Gasteiger partial charge on any atom is 0.326 e. The van der Waals surface area contributed by atoms with Gasteiger partial charge in [-0.2, -0.15) is 0 Å². The molecule has 8 rings (SSSR count). The molecule has 0 radical (unpaired) electrons. The van der Waals surface area contributed by atoms with E-state index in [9.17, 15) is 33.8 Å². The van der Waals surface area contributed by atoms with Gasteiger partial charge in [0.1, 0.15) is 23.7 Å². The van der Waals surface area contributed by atoms with Gasteiger partial charge in [-0.3, -0.25) is 19.6 Å². The molecule has 4 aromatic carbocycles. The van der Waals surface area contributed by atoms with E-state index in [1.165, 1.54) is 34.3 Å². The van der Waals surface area contributed by atoms with E-state index in [1.54, 1.807) is 61.7 Å². The van der Waals surface area contributed by atoms with Crippen LogP contribution in [0, 0.1) is 5.82 Å². The number of likely N-dealkylation sites (tertiary alicyclic amines) is 2. The number of carboxylic acid groups (broad SMARTS) is 2. The van der Waals surface area contributed by atoms with Gasteiger partial charge in [-0.05, 0) is 122 Å². The van der Waals surface area contributed by atoms with E-state index >= 15 is 0 Å². The number of hydrogen-bond acceptors (Lipinski definition) is 7. The minimum Gasteiger partial charge on any atom is -0.497 e. The van der Waals surface area contributed by atoms with Crippen LogP contribution in [0.4, 0.5) is 4.39 Å². The van der Waals surface area contributed by atoms with E-state index in [1.807, 2.05) is 54.6 Å². The molecule has 2 amide bonds. The number of nitrogens with zero attached hydrogens (tertiary/aromatic N) is 4. The lowest BCUT2D eigenvalue weighted by Gasteiger charge is -2.29. The highest BCUT2D eigenvalue weighted by atomic mass is 35.5. The molecule has 11 nitrogen and oxygen atoms in total. The first kappa shape index (κ1) is 42.5. The summed E-state index contributed by atoms with van der Waals surface area (Å²) in [5.41, 5.74) is 5.00. The largest absolute Gasteiger partial charge is 0.497 e. The molecule has 2 saturated heterocycles. The maximum absolute atomic E-state index is 13.4. The van der Waals surface area contributed by atoms with Crippen LogP contribution in [0.3, 0.4) is 0 Å². The number of hydrogen-bond donors (Lipinski definition) is 2. The Kier molecular flexibility index (Phi) is 13.1. The summed E-state index contributed by atoms with van der Waals surface area (Å²) in [7, 11) is 1.60. The second kappa shape index (κ2) is 18.7. The molecular weight excluding hydrogens is 822 g/mol. The smallest absolute Gasteiger partial charge is 0.326 e. The van der Waals surface area contributed by atoms with Crippen molar-refractivity contribution >= 4 is 47.0 Å². The topological polar surface area (TPSA) is 150 Å². The average Bonchev–Trinajstić information content (AvgIpc) is 3.93. The van der Waals surface area contributed by atoms with Gasteiger partial charge >= 0.3 is 11.9 Å². The van der Waals surface area contributed by atoms with E-state index in [0.29, 0.717) is 58.2 Å². The highest BCUT2D eigenvalue weighted by Crippen LogP contribution is 2.41. The third kappa shape index (κ3) is 9.25. The summed E-state index contributed by atoms with van der Waals surface area (Å²) in [4.78, 5) is 61.8. The van der Waals surface area contributed by atoms with Crippen LogP contribution in [0.1, 0.15) is 69.6 Å². The molecule has 2 N–H and O–H groups in total. The molecule has 4 heterocycles. The Morgan fingerprint density at radius 1 is 0.590 bits per heavy atom. The minimum absolute atomic E-state index is 0.283. The number of methoxy groups -OCH3 is 1. The molecule has 310 valence electrons. The number of carbonyl (C=O) groups is 4. The number of pyridine rings is 2. The Labute approximate surface area is 361 Å². The van der Waals surface area contributed by atoms with Crippen molar-refractivity contribution in [3.8, 4) is 28.3 Å². The van der Waals surface area contributed by atoms with Crippen molar-refractivity contribution in [1.82, 2.24) is 19.8 Å². The van der Waals surface area contributed by atoms with Crippen molar-refractivity contribution < 1.29 is 38.5 Å². The Morgan fingerprint density at radius 3 is 1.36 bits per heavy atom. The molecule has 0 spiro atoms. The third-order valence-electron chi connectivity index (χ3n) is 10.9. The third-order valence-corrected chi connectivity index (χ3v) is 11.6. The van der Waals surface area contributed by atoms with Gasteiger partial charge < -0.3 is 24.7 Å². The van der Waals surface area contributed by atoms with Crippen molar-refractivity contribution in [2.24, 2.45) is 0 Å². The van der Waals surface area contributed by atoms with Gasteiger partial charge in [0.2, 0.25) is 0 Å². The Balaban J connectivity index is 0.000000184. The number of benzene rings is 4.